The van der Waals surface area contributed by atoms with Crippen molar-refractivity contribution >= 4 is 81.8 Å². The first-order valence-corrected chi connectivity index (χ1v) is 39.8. The van der Waals surface area contributed by atoms with E-state index >= 15 is 28.8 Å². The summed E-state index contributed by atoms with van der Waals surface area (Å²) in [5.74, 6) is -15.3. The first-order valence-electron chi connectivity index (χ1n) is 39.0. The first-order chi connectivity index (χ1) is 54.9. The maximum Gasteiger partial charge on any atom is 0.325 e. The summed E-state index contributed by atoms with van der Waals surface area (Å²) in [4.78, 5) is 138. The highest BCUT2D eigenvalue weighted by Gasteiger charge is 2.51. The number of halogens is 2. The number of aromatic hydroxyl groups is 3. The van der Waals surface area contributed by atoms with Crippen LogP contribution in [0.1, 0.15) is 169 Å². The van der Waals surface area contributed by atoms with Crippen molar-refractivity contribution in [1.29, 1.82) is 0 Å². The molecule has 14 atom stereocenters. The number of carbonyl (C=O) groups excluding carboxylic acids is 9. The average Bonchev–Trinajstić information content (AvgIpc) is 0.760. The lowest BCUT2D eigenvalue weighted by Gasteiger charge is -2.54. The SMILES string of the molecule is CCCCOc1ccc(NC(=O)NC(=O)C[C@@H]2CC(=O)[C@H](NC(=O)[C@H](CC)CC(C)C)[C@H](O)c3ccc(c(Cl)c3)Oc3cc4cc(c3O[C@@H]3O[C@H](CN)[C@@H](O)[C@H](O)[C@H]3O)Oc3ccc(cc3Cl)[C@@H](O)[C@@H]3NC(=O)[C@H](CC(=O)[C@@H]4NC2=O)c2ccc(O)c(c2)-c2c(O)cc(O)cc2[C@@H](C(=O)CC2C4CC5CC(C4)CC2C5)NC3=O)cc1. The van der Waals surface area contributed by atoms with E-state index in [0.717, 1.165) is 75.3 Å². The van der Waals surface area contributed by atoms with Crippen LogP contribution in [0, 0.1) is 47.3 Å². The van der Waals surface area contributed by atoms with Crippen LogP contribution in [0.4, 0.5) is 10.5 Å². The number of rotatable bonds is 18. The fourth-order valence-electron chi connectivity index (χ4n) is 17.6. The topological polar surface area (TPSA) is 460 Å². The number of unbranched alkanes of at least 4 members (excludes halogenated alkanes) is 1. The standard InChI is InChI=1S/C84H95Cl2N7O22/c1-5-7-18-111-50-13-11-48(12-14-50)88-84(110)89-67(100)31-47-28-59(97)71(92-79(106)40(6-2)19-37(3)4)73(101)42-9-16-62(55(85)26-42)112-64-29-46-30-65(78(64)115-83-77(105)76(104)75(103)66(36-87)114-83)113-63-17-10-43(27-56(63)86)74(102)72-82(109)91-70(61(99)34-51-44-21-38-20-39(23-44)24-45(51)22-38)54-32-49(94)33-58(96)68(54)53-25-41(8-15-57(53)95)52(81(108)93-72)35-60(98)69(46)90-80(47)107/h8-17,25-27,29-30,32-33,37-40,44-45,47,51-52,66,69-77,83,94-96,101-105H,5-7,18-24,28,31,34-36,87H2,1-4H3,(H,90,107)(H,91,109)(H,92,106)(H,93,108)(H2,88,89,100,110)/t38?,39?,40-,44?,45?,47+,51?,52-,66-,69-,70+,71+,72+,73-,74-,75-,76+,77-,83+/m1/s1. The van der Waals surface area contributed by atoms with Crippen molar-refractivity contribution in [1.82, 2.24) is 26.6 Å². The summed E-state index contributed by atoms with van der Waals surface area (Å²) in [6.45, 7) is 7.50. The number of nitrogens with two attached hydrogens (primary N) is 1. The van der Waals surface area contributed by atoms with Gasteiger partial charge in [0.15, 0.2) is 28.8 Å². The molecule has 6 aromatic rings. The minimum atomic E-state index is -2.21. The lowest BCUT2D eigenvalue weighted by atomic mass is 9.51. The van der Waals surface area contributed by atoms with E-state index in [1.807, 2.05) is 20.8 Å². The Balaban J connectivity index is 0.986. The van der Waals surface area contributed by atoms with Crippen molar-refractivity contribution in [3.63, 3.8) is 0 Å². The lowest BCUT2D eigenvalue weighted by molar-refractivity contribution is -0.270. The van der Waals surface area contributed by atoms with Gasteiger partial charge in [-0.2, -0.15) is 0 Å². The molecule has 0 spiro atoms. The van der Waals surface area contributed by atoms with Gasteiger partial charge in [0.25, 0.3) is 0 Å². The van der Waals surface area contributed by atoms with Crippen LogP contribution in [0.5, 0.6) is 51.7 Å². The summed E-state index contributed by atoms with van der Waals surface area (Å²) in [5, 5.41) is 110. The van der Waals surface area contributed by atoms with E-state index in [0.29, 0.717) is 30.6 Å². The third-order valence-corrected chi connectivity index (χ3v) is 23.9. The Morgan fingerprint density at radius 2 is 1.30 bits per heavy atom. The van der Waals surface area contributed by atoms with Crippen molar-refractivity contribution in [3.8, 4) is 62.9 Å². The average molecular weight is 1630 g/mol. The molecule has 612 valence electrons. The molecule has 0 aromatic heterocycles. The summed E-state index contributed by atoms with van der Waals surface area (Å²) < 4.78 is 31.5. The van der Waals surface area contributed by atoms with Crippen molar-refractivity contribution in [2.24, 2.45) is 53.1 Å². The molecule has 29 nitrogen and oxygen atoms in total. The number of ketones is 3. The molecule has 4 aliphatic carbocycles. The van der Waals surface area contributed by atoms with E-state index in [2.05, 4.69) is 31.9 Å². The third-order valence-electron chi connectivity index (χ3n) is 23.3. The maximum absolute atomic E-state index is 16.5. The van der Waals surface area contributed by atoms with Crippen molar-refractivity contribution in [2.45, 2.75) is 184 Å². The molecule has 10 aliphatic rings. The third kappa shape index (κ3) is 18.2. The maximum atomic E-state index is 16.5. The second kappa shape index (κ2) is 35.2. The molecule has 16 N–H and O–H groups in total. The molecular weight excluding hydrogens is 1530 g/mol. The quantitative estimate of drug-likeness (QED) is 0.0356. The summed E-state index contributed by atoms with van der Waals surface area (Å²) >= 11 is 14.3. The number of phenols is 3. The highest BCUT2D eigenvalue weighted by atomic mass is 35.5. The van der Waals surface area contributed by atoms with Crippen LogP contribution in [-0.2, 0) is 43.1 Å². The Morgan fingerprint density at radius 3 is 1.91 bits per heavy atom. The van der Waals surface area contributed by atoms with Crippen molar-refractivity contribution in [2.75, 3.05) is 18.5 Å². The van der Waals surface area contributed by atoms with Gasteiger partial charge in [-0.25, -0.2) is 4.79 Å². The number of anilines is 1. The van der Waals surface area contributed by atoms with Gasteiger partial charge in [0.05, 0.1) is 28.5 Å². The molecule has 4 saturated carbocycles. The van der Waals surface area contributed by atoms with Crippen LogP contribution in [0.2, 0.25) is 10.0 Å². The number of carbonyl (C=O) groups is 9. The summed E-state index contributed by atoms with van der Waals surface area (Å²) in [6.07, 6.45) is -9.55. The number of ether oxygens (including phenoxy) is 5. The predicted molar refractivity (Wildman–Crippen MR) is 416 cm³/mol. The molecule has 15 bridgehead atoms. The number of urea groups is 1. The molecule has 16 rings (SSSR count). The van der Waals surface area contributed by atoms with Crippen LogP contribution in [-0.4, -0.2) is 150 Å². The number of amides is 7. The predicted octanol–water partition coefficient (Wildman–Crippen LogP) is 9.24. The molecule has 31 heteroatoms. The zero-order valence-electron chi connectivity index (χ0n) is 63.6. The molecule has 0 unspecified atom stereocenters. The largest absolute Gasteiger partial charge is 0.508 e. The molecule has 1 saturated heterocycles. The van der Waals surface area contributed by atoms with Crippen molar-refractivity contribution in [3.05, 3.63) is 141 Å². The van der Waals surface area contributed by atoms with E-state index < -0.39 is 198 Å². The Bertz CT molecular complexity index is 4710. The molecule has 115 heavy (non-hydrogen) atoms. The zero-order chi connectivity index (χ0) is 82.1. The van der Waals surface area contributed by atoms with Gasteiger partial charge < -0.3 is 96.9 Å². The molecule has 6 heterocycles. The number of benzene rings is 6. The number of aliphatic hydroxyl groups excluding tert-OH is 5. The fourth-order valence-corrected chi connectivity index (χ4v) is 18.0. The fraction of sp³-hybridized carbons (Fsp3) is 0.464. The number of imide groups is 1. The van der Waals surface area contributed by atoms with Crippen molar-refractivity contribution < 1.29 is 108 Å². The Labute approximate surface area is 672 Å². The second-order valence-corrected chi connectivity index (χ2v) is 32.6. The van der Waals surface area contributed by atoms with Gasteiger partial charge in [-0.15, -0.1) is 0 Å². The number of Topliss-reactive ketones (excluding diaryl/α,β-unsaturated/α-hetero) is 3. The van der Waals surface area contributed by atoms with Gasteiger partial charge in [0.2, 0.25) is 41.6 Å². The molecule has 7 amide bonds. The monoisotopic (exact) mass is 1620 g/mol. The van der Waals surface area contributed by atoms with E-state index in [-0.39, 0.29) is 103 Å². The van der Waals surface area contributed by atoms with E-state index in [4.69, 9.17) is 52.6 Å². The molecular formula is C84H95Cl2N7O22. The van der Waals surface area contributed by atoms with Crippen LogP contribution in [0.25, 0.3) is 11.1 Å². The van der Waals surface area contributed by atoms with Gasteiger partial charge in [-0.05, 0) is 194 Å². The van der Waals surface area contributed by atoms with Crippen LogP contribution in [0.15, 0.2) is 103 Å². The Hall–Kier alpha value is -9.95. The number of phenolic OH excluding ortho intramolecular Hbond substituents is 3. The van der Waals surface area contributed by atoms with E-state index in [1.165, 1.54) is 60.7 Å². The van der Waals surface area contributed by atoms with Crippen LogP contribution >= 0.6 is 23.2 Å². The lowest BCUT2D eigenvalue weighted by Crippen LogP contribution is -2.60. The highest BCUT2D eigenvalue weighted by molar-refractivity contribution is 6.32. The number of hydrogen-bond donors (Lipinski definition) is 15. The highest BCUT2D eigenvalue weighted by Crippen LogP contribution is 2.58. The summed E-state index contributed by atoms with van der Waals surface area (Å²) in [5.41, 5.74) is 4.68. The normalized spacial score (nSPS) is 28.0. The Morgan fingerprint density at radius 1 is 0.652 bits per heavy atom. The molecule has 5 fully saturated rings. The number of fused-ring (bicyclic) bond motifs is 15. The number of nitrogens with one attached hydrogen (secondary N) is 6. The van der Waals surface area contributed by atoms with Gasteiger partial charge in [-0.1, -0.05) is 75.5 Å². The number of aliphatic hydroxyl groups is 5. The van der Waals surface area contributed by atoms with E-state index in [9.17, 15) is 55.2 Å². The van der Waals surface area contributed by atoms with E-state index in [1.54, 1.807) is 19.1 Å². The smallest absolute Gasteiger partial charge is 0.325 e. The summed E-state index contributed by atoms with van der Waals surface area (Å²) in [7, 11) is 0. The molecule has 0 radical (unpaired) electrons. The minimum absolute atomic E-state index is 0.0341. The number of hydrogen-bond acceptors (Lipinski definition) is 23. The van der Waals surface area contributed by atoms with Crippen LogP contribution in [0.3, 0.4) is 0 Å². The van der Waals surface area contributed by atoms with Gasteiger partial charge >= 0.3 is 6.03 Å². The zero-order valence-corrected chi connectivity index (χ0v) is 65.1. The van der Waals surface area contributed by atoms with Gasteiger partial charge in [-0.3, -0.25) is 43.7 Å². The van der Waals surface area contributed by atoms with Gasteiger partial charge in [0, 0.05) is 61.0 Å². The first kappa shape index (κ1) is 83.0. The van der Waals surface area contributed by atoms with Gasteiger partial charge in [0.1, 0.15) is 95.3 Å². The second-order valence-electron chi connectivity index (χ2n) is 31.8. The summed E-state index contributed by atoms with van der Waals surface area (Å²) in [6, 6.07) is 12.4. The molecule has 6 aliphatic heterocycles. The minimum Gasteiger partial charge on any atom is -0.508 e. The Kier molecular flexibility index (Phi) is 25.4. The molecule has 6 aromatic carbocycles. The van der Waals surface area contributed by atoms with Crippen LogP contribution < -0.4 is 56.6 Å².